The van der Waals surface area contributed by atoms with E-state index < -0.39 is 5.97 Å². The molecule has 0 radical (unpaired) electrons. The molecule has 5 heteroatoms. The van der Waals surface area contributed by atoms with Gasteiger partial charge in [-0.1, -0.05) is 6.07 Å². The van der Waals surface area contributed by atoms with Crippen LogP contribution in [0.4, 0.5) is 0 Å². The summed E-state index contributed by atoms with van der Waals surface area (Å²) in [5.74, 6) is 6.92. The summed E-state index contributed by atoms with van der Waals surface area (Å²) in [6, 6.07) is 5.86. The van der Waals surface area contributed by atoms with Crippen LogP contribution in [0.3, 0.4) is 0 Å². The van der Waals surface area contributed by atoms with E-state index in [-0.39, 0.29) is 0 Å². The molecule has 0 aliphatic heterocycles. The van der Waals surface area contributed by atoms with Crippen molar-refractivity contribution >= 4 is 5.97 Å². The lowest BCUT2D eigenvalue weighted by Gasteiger charge is -1.77. The molecule has 0 spiro atoms. The van der Waals surface area contributed by atoms with Gasteiger partial charge >= 0.3 is 0 Å². The lowest BCUT2D eigenvalue weighted by atomic mass is 10.5. The van der Waals surface area contributed by atoms with E-state index in [0.29, 0.717) is 0 Å². The van der Waals surface area contributed by atoms with Crippen LogP contribution in [0.2, 0.25) is 0 Å². The number of carboxylic acid groups (broad SMARTS) is 1. The summed E-state index contributed by atoms with van der Waals surface area (Å²) in [5.41, 5.74) is 0. The second-order valence-corrected chi connectivity index (χ2v) is 1.57. The number of aromatic nitrogens is 1. The Bertz CT molecular complexity index is 149. The largest absolute Gasteiger partial charge is 0.550 e. The molecule has 0 fully saturated rings. The first-order chi connectivity index (χ1) is 5.73. The van der Waals surface area contributed by atoms with Crippen molar-refractivity contribution in [2.24, 2.45) is 11.7 Å². The predicted molar refractivity (Wildman–Crippen MR) is 42.1 cm³/mol. The van der Waals surface area contributed by atoms with Gasteiger partial charge in [-0.05, 0) is 6.92 Å². The zero-order valence-electron chi connectivity index (χ0n) is 6.86. The van der Waals surface area contributed by atoms with E-state index in [1.165, 1.54) is 0 Å². The number of carbonyl (C=O) groups is 1. The highest BCUT2D eigenvalue weighted by Crippen LogP contribution is 1.68. The molecule has 0 bridgehead atoms. The van der Waals surface area contributed by atoms with Crippen molar-refractivity contribution in [2.75, 3.05) is 0 Å². The van der Waals surface area contributed by atoms with Gasteiger partial charge in [0.25, 0.3) is 0 Å². The molecule has 1 aromatic rings. The second-order valence-electron chi connectivity index (χ2n) is 1.57. The summed E-state index contributed by atoms with van der Waals surface area (Å²) < 4.78 is 0. The van der Waals surface area contributed by atoms with Crippen LogP contribution in [0.1, 0.15) is 6.92 Å². The Hall–Kier alpha value is -1.46. The molecule has 0 amide bonds. The van der Waals surface area contributed by atoms with E-state index in [0.717, 1.165) is 6.92 Å². The summed E-state index contributed by atoms with van der Waals surface area (Å²) >= 11 is 0. The molecule has 0 saturated carbocycles. The number of aromatic amines is 1. The van der Waals surface area contributed by atoms with Crippen LogP contribution in [0.5, 0.6) is 0 Å². The first kappa shape index (κ1) is 13.2. The Morgan fingerprint density at radius 1 is 1.25 bits per heavy atom. The molecule has 5 nitrogen and oxygen atoms in total. The number of rotatable bonds is 0. The van der Waals surface area contributed by atoms with Crippen LogP contribution in [0, 0.1) is 0 Å². The molecule has 68 valence electrons. The highest BCUT2D eigenvalue weighted by Gasteiger charge is 1.65. The third-order valence-electron chi connectivity index (χ3n) is 0.607. The van der Waals surface area contributed by atoms with E-state index in [1.807, 2.05) is 30.6 Å². The van der Waals surface area contributed by atoms with Crippen molar-refractivity contribution in [3.8, 4) is 0 Å². The van der Waals surface area contributed by atoms with Crippen LogP contribution in [0.15, 0.2) is 30.6 Å². The molecule has 0 aliphatic carbocycles. The van der Waals surface area contributed by atoms with Gasteiger partial charge in [0.1, 0.15) is 0 Å². The van der Waals surface area contributed by atoms with E-state index in [1.54, 1.807) is 0 Å². The van der Waals surface area contributed by atoms with Crippen LogP contribution < -0.4 is 21.8 Å². The monoisotopic (exact) mass is 171 g/mol. The molecule has 12 heavy (non-hydrogen) atoms. The number of hydrazine groups is 1. The van der Waals surface area contributed by atoms with Crippen molar-refractivity contribution in [1.82, 2.24) is 0 Å². The Morgan fingerprint density at radius 2 is 1.58 bits per heavy atom. The fourth-order valence-corrected chi connectivity index (χ4v) is 0.342. The number of nitrogens with two attached hydrogens (primary N) is 2. The first-order valence-corrected chi connectivity index (χ1v) is 3.15. The second kappa shape index (κ2) is 12.2. The summed E-state index contributed by atoms with van der Waals surface area (Å²) in [6.45, 7) is 0.972. The molecule has 0 aromatic carbocycles. The number of pyridine rings is 1. The van der Waals surface area contributed by atoms with E-state index in [9.17, 15) is 0 Å². The van der Waals surface area contributed by atoms with Gasteiger partial charge < -0.3 is 9.90 Å². The molecular formula is C7H13N3O2. The van der Waals surface area contributed by atoms with E-state index >= 15 is 0 Å². The molecule has 1 aromatic heterocycles. The maximum absolute atomic E-state index is 8.89. The minimum Gasteiger partial charge on any atom is -0.550 e. The number of hydrogen-bond donors (Lipinski definition) is 2. The summed E-state index contributed by atoms with van der Waals surface area (Å²) in [7, 11) is 0. The van der Waals surface area contributed by atoms with Gasteiger partial charge in [0.15, 0.2) is 12.4 Å². The van der Waals surface area contributed by atoms with Gasteiger partial charge in [-0.25, -0.2) is 4.98 Å². The Kier molecular flexibility index (Phi) is 13.4. The van der Waals surface area contributed by atoms with Gasteiger partial charge in [-0.2, -0.15) is 0 Å². The highest BCUT2D eigenvalue weighted by molar-refractivity contribution is 5.60. The van der Waals surface area contributed by atoms with Crippen LogP contribution in [0.25, 0.3) is 0 Å². The number of nitrogens with one attached hydrogen (secondary N) is 1. The van der Waals surface area contributed by atoms with E-state index in [2.05, 4.69) is 16.7 Å². The predicted octanol–water partition coefficient (Wildman–Crippen LogP) is -1.92. The molecule has 1 heterocycles. The SMILES string of the molecule is CC(=O)[O-].NN.c1cc[nH+]cc1. The molecule has 1 rings (SSSR count). The number of aliphatic carboxylic acids is 1. The van der Waals surface area contributed by atoms with Gasteiger partial charge in [-0.3, -0.25) is 11.7 Å². The van der Waals surface area contributed by atoms with Crippen molar-refractivity contribution in [3.05, 3.63) is 30.6 Å². The number of carbonyl (C=O) groups excluding carboxylic acids is 1. The fourth-order valence-electron chi connectivity index (χ4n) is 0.342. The van der Waals surface area contributed by atoms with Crippen molar-refractivity contribution in [3.63, 3.8) is 0 Å². The molecule has 0 aliphatic rings. The summed E-state index contributed by atoms with van der Waals surface area (Å²) in [4.78, 5) is 11.8. The van der Waals surface area contributed by atoms with Crippen LogP contribution in [-0.4, -0.2) is 5.97 Å². The van der Waals surface area contributed by atoms with E-state index in [4.69, 9.17) is 9.90 Å². The van der Waals surface area contributed by atoms with Crippen LogP contribution >= 0.6 is 0 Å². The van der Waals surface area contributed by atoms with Gasteiger partial charge in [0, 0.05) is 18.1 Å². The van der Waals surface area contributed by atoms with Crippen molar-refractivity contribution in [2.45, 2.75) is 6.92 Å². The number of hydrogen-bond acceptors (Lipinski definition) is 4. The average Bonchev–Trinajstić information content (AvgIpc) is 2.10. The standard InChI is InChI=1S/C5H5N.C2H4O2.H4N2/c1-2-4-6-5-3-1;1-2(3)4;1-2/h1-5H;1H3,(H,3,4);1-2H2. The normalized spacial score (nSPS) is 6.58. The quantitative estimate of drug-likeness (QED) is 0.350. The highest BCUT2D eigenvalue weighted by atomic mass is 16.4. The lowest BCUT2D eigenvalue weighted by molar-refractivity contribution is -0.377. The lowest BCUT2D eigenvalue weighted by Crippen LogP contribution is -2.16. The maximum Gasteiger partial charge on any atom is 0.166 e. The molecule has 0 unspecified atom stereocenters. The van der Waals surface area contributed by atoms with Gasteiger partial charge in [0.05, 0.1) is 0 Å². The Labute approximate surface area is 71.0 Å². The third kappa shape index (κ3) is 23.6. The number of H-pyrrole nitrogens is 1. The Balaban J connectivity index is 0. The van der Waals surface area contributed by atoms with Crippen LogP contribution in [-0.2, 0) is 4.79 Å². The zero-order valence-corrected chi connectivity index (χ0v) is 6.86. The summed E-state index contributed by atoms with van der Waals surface area (Å²) in [5, 5.41) is 8.89. The maximum atomic E-state index is 8.89. The smallest absolute Gasteiger partial charge is 0.166 e. The molecule has 0 atom stereocenters. The minimum atomic E-state index is -1.08. The van der Waals surface area contributed by atoms with Crippen molar-refractivity contribution in [1.29, 1.82) is 0 Å². The third-order valence-corrected chi connectivity index (χ3v) is 0.607. The average molecular weight is 171 g/mol. The van der Waals surface area contributed by atoms with Crippen molar-refractivity contribution < 1.29 is 14.9 Å². The zero-order chi connectivity index (χ0) is 9.82. The summed E-state index contributed by atoms with van der Waals surface area (Å²) in [6.07, 6.45) is 3.75. The first-order valence-electron chi connectivity index (χ1n) is 3.15. The molecular weight excluding hydrogens is 158 g/mol. The number of carboxylic acids is 1. The molecule has 5 N–H and O–H groups in total. The van der Waals surface area contributed by atoms with Gasteiger partial charge in [0.2, 0.25) is 0 Å². The van der Waals surface area contributed by atoms with Gasteiger partial charge in [-0.15, -0.1) is 0 Å². The molecule has 0 saturated heterocycles. The minimum absolute atomic E-state index is 0.972. The Morgan fingerprint density at radius 3 is 1.67 bits per heavy atom. The topological polar surface area (TPSA) is 106 Å². The fraction of sp³-hybridized carbons (Fsp3) is 0.143.